The summed E-state index contributed by atoms with van der Waals surface area (Å²) in [5.74, 6) is -1.26. The molecule has 0 bridgehead atoms. The third kappa shape index (κ3) is 7.03. The maximum atomic E-state index is 13.3. The van der Waals surface area contributed by atoms with Crippen molar-refractivity contribution in [1.82, 2.24) is 15.5 Å². The molecule has 4 N–H and O–H groups in total. The molecule has 0 radical (unpaired) electrons. The minimum Gasteiger partial charge on any atom is -0.373 e. The Morgan fingerprint density at radius 1 is 1.09 bits per heavy atom. The van der Waals surface area contributed by atoms with Gasteiger partial charge in [-0.25, -0.2) is 0 Å². The second kappa shape index (κ2) is 12.3. The van der Waals surface area contributed by atoms with Crippen LogP contribution in [0.2, 0.25) is 0 Å². The van der Waals surface area contributed by atoms with Crippen molar-refractivity contribution in [3.05, 3.63) is 35.9 Å². The molecular formula is C26H40N4O4. The van der Waals surface area contributed by atoms with Gasteiger partial charge in [-0.3, -0.25) is 19.3 Å². The lowest BCUT2D eigenvalue weighted by molar-refractivity contribution is -0.146. The molecule has 1 saturated carbocycles. The second-order valence-corrected chi connectivity index (χ2v) is 9.88. The van der Waals surface area contributed by atoms with Gasteiger partial charge in [0.15, 0.2) is 0 Å². The topological polar surface area (TPSA) is 114 Å². The molecule has 1 aromatic carbocycles. The maximum Gasteiger partial charge on any atom is 0.242 e. The zero-order chi connectivity index (χ0) is 24.6. The minimum atomic E-state index is -1.23. The Morgan fingerprint density at radius 2 is 1.74 bits per heavy atom. The molecular weight excluding hydrogens is 432 g/mol. The molecule has 1 aliphatic heterocycles. The summed E-state index contributed by atoms with van der Waals surface area (Å²) in [6.07, 6.45) is 5.00. The largest absolute Gasteiger partial charge is 0.373 e. The van der Waals surface area contributed by atoms with Crippen molar-refractivity contribution in [1.29, 1.82) is 0 Å². The van der Waals surface area contributed by atoms with E-state index in [2.05, 4.69) is 29.4 Å². The van der Waals surface area contributed by atoms with E-state index in [0.717, 1.165) is 50.9 Å². The van der Waals surface area contributed by atoms with E-state index in [4.69, 9.17) is 10.5 Å². The molecule has 2 unspecified atom stereocenters. The van der Waals surface area contributed by atoms with Crippen molar-refractivity contribution < 1.29 is 19.1 Å². The molecule has 0 aromatic heterocycles. The fraction of sp³-hybridized carbons (Fsp3) is 0.654. The lowest BCUT2D eigenvalue weighted by Crippen LogP contribution is -2.56. The number of primary amides is 1. The zero-order valence-electron chi connectivity index (χ0n) is 20.6. The van der Waals surface area contributed by atoms with E-state index in [-0.39, 0.29) is 18.1 Å². The third-order valence-electron chi connectivity index (χ3n) is 6.96. The van der Waals surface area contributed by atoms with Crippen molar-refractivity contribution in [3.63, 3.8) is 0 Å². The predicted molar refractivity (Wildman–Crippen MR) is 131 cm³/mol. The van der Waals surface area contributed by atoms with Gasteiger partial charge in [0.25, 0.3) is 0 Å². The van der Waals surface area contributed by atoms with Crippen LogP contribution in [0.25, 0.3) is 0 Å². The van der Waals surface area contributed by atoms with Crippen LogP contribution in [0.5, 0.6) is 0 Å². The minimum absolute atomic E-state index is 0.209. The second-order valence-electron chi connectivity index (χ2n) is 9.88. The van der Waals surface area contributed by atoms with Crippen LogP contribution in [0.1, 0.15) is 57.9 Å². The summed E-state index contributed by atoms with van der Waals surface area (Å²) in [6, 6.07) is 8.81. The Morgan fingerprint density at radius 3 is 2.35 bits per heavy atom. The summed E-state index contributed by atoms with van der Waals surface area (Å²) >= 11 is 0. The van der Waals surface area contributed by atoms with Crippen molar-refractivity contribution in [2.45, 2.75) is 77.0 Å². The molecule has 188 valence electrons. The molecule has 1 saturated heterocycles. The van der Waals surface area contributed by atoms with E-state index < -0.39 is 23.3 Å². The van der Waals surface area contributed by atoms with Crippen molar-refractivity contribution in [3.8, 4) is 0 Å². The number of nitrogens with zero attached hydrogens (tertiary/aromatic N) is 1. The lowest BCUT2D eigenvalue weighted by atomic mass is 9.72. The standard InChI is InChI=1S/C26H40N4O4/c1-19-17-30(18-20(2)34-19)15-9-14-28-23(31)22(16-21-10-5-3-6-11-21)29-25(33)26(24(27)32)12-7-4-8-13-26/h3,5-6,10-11,19-20,22H,4,7-9,12-18H2,1-2H3,(H2,27,32)(H,28,31)(H,29,33)/t19?,20?,22-/m1/s1. The van der Waals surface area contributed by atoms with E-state index in [1.807, 2.05) is 30.3 Å². The van der Waals surface area contributed by atoms with Crippen molar-refractivity contribution >= 4 is 17.7 Å². The monoisotopic (exact) mass is 472 g/mol. The molecule has 2 aliphatic rings. The first-order valence-electron chi connectivity index (χ1n) is 12.6. The van der Waals surface area contributed by atoms with Crippen LogP contribution in [0, 0.1) is 5.41 Å². The Kier molecular flexibility index (Phi) is 9.47. The summed E-state index contributed by atoms with van der Waals surface area (Å²) in [4.78, 5) is 41.0. The Hall–Kier alpha value is -2.45. The first-order chi connectivity index (χ1) is 16.3. The molecule has 3 amide bonds. The Bertz CT molecular complexity index is 815. The van der Waals surface area contributed by atoms with E-state index in [1.165, 1.54) is 0 Å². The van der Waals surface area contributed by atoms with Crippen molar-refractivity contribution in [2.75, 3.05) is 26.2 Å². The van der Waals surface area contributed by atoms with Gasteiger partial charge in [0.2, 0.25) is 17.7 Å². The quantitative estimate of drug-likeness (QED) is 0.355. The summed E-state index contributed by atoms with van der Waals surface area (Å²) < 4.78 is 5.78. The van der Waals surface area contributed by atoms with Crippen LogP contribution >= 0.6 is 0 Å². The normalized spacial score (nSPS) is 23.6. The number of amides is 3. The molecule has 1 aliphatic carbocycles. The van der Waals surface area contributed by atoms with Gasteiger partial charge in [-0.05, 0) is 38.7 Å². The van der Waals surface area contributed by atoms with E-state index >= 15 is 0 Å². The van der Waals surface area contributed by atoms with Gasteiger partial charge in [0, 0.05) is 32.6 Å². The molecule has 0 spiro atoms. The molecule has 3 atom stereocenters. The van der Waals surface area contributed by atoms with Crippen LogP contribution in [0.3, 0.4) is 0 Å². The molecule has 8 heteroatoms. The number of benzene rings is 1. The SMILES string of the molecule is CC1CN(CCCNC(=O)[C@@H](Cc2ccccc2)NC(=O)C2(C(N)=O)CCCCC2)CC(C)O1. The van der Waals surface area contributed by atoms with Crippen molar-refractivity contribution in [2.24, 2.45) is 11.1 Å². The van der Waals surface area contributed by atoms with Crippen LogP contribution in [0.4, 0.5) is 0 Å². The highest BCUT2D eigenvalue weighted by Gasteiger charge is 2.46. The van der Waals surface area contributed by atoms with Gasteiger partial charge < -0.3 is 21.1 Å². The average Bonchev–Trinajstić information content (AvgIpc) is 2.81. The fourth-order valence-corrected chi connectivity index (χ4v) is 5.20. The summed E-state index contributed by atoms with van der Waals surface area (Å²) in [6.45, 7) is 7.32. The van der Waals surface area contributed by atoms with Crippen LogP contribution < -0.4 is 16.4 Å². The summed E-state index contributed by atoms with van der Waals surface area (Å²) in [7, 11) is 0. The van der Waals surface area contributed by atoms with Crippen LogP contribution in [-0.4, -0.2) is 67.1 Å². The highest BCUT2D eigenvalue weighted by atomic mass is 16.5. The van der Waals surface area contributed by atoms with Crippen LogP contribution in [-0.2, 0) is 25.5 Å². The molecule has 3 rings (SSSR count). The first-order valence-corrected chi connectivity index (χ1v) is 12.6. The number of ether oxygens (including phenoxy) is 1. The zero-order valence-corrected chi connectivity index (χ0v) is 20.6. The third-order valence-corrected chi connectivity index (χ3v) is 6.96. The molecule has 34 heavy (non-hydrogen) atoms. The van der Waals surface area contributed by atoms with E-state index in [1.54, 1.807) is 0 Å². The Balaban J connectivity index is 1.60. The van der Waals surface area contributed by atoms with Gasteiger partial charge in [0.1, 0.15) is 11.5 Å². The number of carbonyl (C=O) groups excluding carboxylic acids is 3. The highest BCUT2D eigenvalue weighted by Crippen LogP contribution is 2.36. The number of morpholine rings is 1. The lowest BCUT2D eigenvalue weighted by Gasteiger charge is -2.35. The molecule has 1 aromatic rings. The van der Waals surface area contributed by atoms with Gasteiger partial charge in [-0.15, -0.1) is 0 Å². The van der Waals surface area contributed by atoms with Gasteiger partial charge in [-0.2, -0.15) is 0 Å². The molecule has 1 heterocycles. The highest BCUT2D eigenvalue weighted by molar-refractivity contribution is 6.05. The van der Waals surface area contributed by atoms with Gasteiger partial charge in [-0.1, -0.05) is 49.6 Å². The van der Waals surface area contributed by atoms with E-state index in [0.29, 0.717) is 25.8 Å². The van der Waals surface area contributed by atoms with Gasteiger partial charge >= 0.3 is 0 Å². The predicted octanol–water partition coefficient (Wildman–Crippen LogP) is 1.77. The number of hydrogen-bond donors (Lipinski definition) is 3. The summed E-state index contributed by atoms with van der Waals surface area (Å²) in [5, 5.41) is 5.87. The van der Waals surface area contributed by atoms with Crippen LogP contribution in [0.15, 0.2) is 30.3 Å². The Labute approximate surface area is 203 Å². The van der Waals surface area contributed by atoms with E-state index in [9.17, 15) is 14.4 Å². The number of rotatable bonds is 10. The van der Waals surface area contributed by atoms with Gasteiger partial charge in [0.05, 0.1) is 12.2 Å². The smallest absolute Gasteiger partial charge is 0.242 e. The average molecular weight is 473 g/mol. The molecule has 2 fully saturated rings. The molecule has 8 nitrogen and oxygen atoms in total. The number of nitrogens with one attached hydrogen (secondary N) is 2. The fourth-order valence-electron chi connectivity index (χ4n) is 5.20. The summed E-state index contributed by atoms with van der Waals surface area (Å²) in [5.41, 5.74) is 5.40. The number of nitrogens with two attached hydrogens (primary N) is 1. The number of carbonyl (C=O) groups is 3. The maximum absolute atomic E-state index is 13.3. The number of hydrogen-bond acceptors (Lipinski definition) is 5. The first kappa shape index (κ1) is 26.2.